The number of aromatic amines is 1. The van der Waals surface area contributed by atoms with Gasteiger partial charge in [-0.2, -0.15) is 18.3 Å². The molecule has 0 spiro atoms. The lowest BCUT2D eigenvalue weighted by Gasteiger charge is -2.32. The SMILES string of the molecule is FC(F)(F)c1ccc(-c2nnc(N3CCc4[nH]cnc4[C@@H]3c3cc4c(C5CC5)cccn4n3)o2)nc1. The molecule has 0 radical (unpaired) electrons. The zero-order chi connectivity index (χ0) is 24.4. The van der Waals surface area contributed by atoms with Crippen LogP contribution in [0.4, 0.5) is 19.2 Å². The van der Waals surface area contributed by atoms with Gasteiger partial charge in [0.05, 0.1) is 28.8 Å². The molecule has 9 nitrogen and oxygen atoms in total. The molecule has 1 aliphatic heterocycles. The molecule has 1 N–H and O–H groups in total. The summed E-state index contributed by atoms with van der Waals surface area (Å²) in [6.07, 6.45) is 2.93. The molecule has 0 saturated heterocycles. The average Bonchev–Trinajstić information content (AvgIpc) is 3.24. The topological polar surface area (TPSA) is 101 Å². The number of aromatic nitrogens is 7. The zero-order valence-corrected chi connectivity index (χ0v) is 18.8. The molecule has 1 aliphatic carbocycles. The number of imidazole rings is 1. The van der Waals surface area contributed by atoms with Crippen LogP contribution >= 0.6 is 0 Å². The predicted molar refractivity (Wildman–Crippen MR) is 121 cm³/mol. The highest BCUT2D eigenvalue weighted by Gasteiger charge is 2.37. The van der Waals surface area contributed by atoms with E-state index in [4.69, 9.17) is 9.52 Å². The highest BCUT2D eigenvalue weighted by molar-refractivity contribution is 5.60. The molecule has 5 aromatic heterocycles. The van der Waals surface area contributed by atoms with E-state index in [0.717, 1.165) is 34.9 Å². The molecule has 36 heavy (non-hydrogen) atoms. The van der Waals surface area contributed by atoms with Crippen LogP contribution in [0.15, 0.2) is 53.5 Å². The second kappa shape index (κ2) is 7.64. The fourth-order valence-electron chi connectivity index (χ4n) is 4.83. The third kappa shape index (κ3) is 3.43. The Labute approximate surface area is 202 Å². The number of anilines is 1. The Hall–Kier alpha value is -4.22. The Kier molecular flexibility index (Phi) is 4.48. The summed E-state index contributed by atoms with van der Waals surface area (Å²) in [5, 5.41) is 13.1. The second-order valence-electron chi connectivity index (χ2n) is 9.07. The lowest BCUT2D eigenvalue weighted by molar-refractivity contribution is -0.137. The van der Waals surface area contributed by atoms with E-state index in [2.05, 4.69) is 37.3 Å². The molecule has 1 saturated carbocycles. The minimum atomic E-state index is -4.47. The number of hydrogen-bond donors (Lipinski definition) is 1. The van der Waals surface area contributed by atoms with Gasteiger partial charge in [-0.15, -0.1) is 5.10 Å². The van der Waals surface area contributed by atoms with Crippen molar-refractivity contribution in [3.63, 3.8) is 0 Å². The fourth-order valence-corrected chi connectivity index (χ4v) is 4.83. The summed E-state index contributed by atoms with van der Waals surface area (Å²) in [5.41, 5.74) is 4.31. The number of fused-ring (bicyclic) bond motifs is 2. The van der Waals surface area contributed by atoms with Crippen LogP contribution in [-0.2, 0) is 12.6 Å². The van der Waals surface area contributed by atoms with E-state index in [0.29, 0.717) is 18.9 Å². The van der Waals surface area contributed by atoms with Gasteiger partial charge in [-0.25, -0.2) is 9.50 Å². The van der Waals surface area contributed by atoms with E-state index in [-0.39, 0.29) is 23.6 Å². The average molecular weight is 492 g/mol. The van der Waals surface area contributed by atoms with Crippen LogP contribution < -0.4 is 4.90 Å². The van der Waals surface area contributed by atoms with Gasteiger partial charge in [0, 0.05) is 31.1 Å². The summed E-state index contributed by atoms with van der Waals surface area (Å²) in [5.74, 6) is 0.604. The van der Waals surface area contributed by atoms with Gasteiger partial charge in [0.2, 0.25) is 0 Å². The van der Waals surface area contributed by atoms with Crippen LogP contribution in [0.1, 0.15) is 53.0 Å². The lowest BCUT2D eigenvalue weighted by atomic mass is 10.00. The Morgan fingerprint density at radius 3 is 2.75 bits per heavy atom. The van der Waals surface area contributed by atoms with Gasteiger partial charge in [0.25, 0.3) is 5.89 Å². The summed E-state index contributed by atoms with van der Waals surface area (Å²) in [7, 11) is 0. The zero-order valence-electron chi connectivity index (χ0n) is 18.8. The highest BCUT2D eigenvalue weighted by atomic mass is 19.4. The van der Waals surface area contributed by atoms with Crippen molar-refractivity contribution in [1.29, 1.82) is 0 Å². The summed E-state index contributed by atoms with van der Waals surface area (Å²) in [6, 6.07) is 8.27. The van der Waals surface area contributed by atoms with Crippen molar-refractivity contribution in [3.05, 3.63) is 77.3 Å². The van der Waals surface area contributed by atoms with Crippen molar-refractivity contribution in [3.8, 4) is 11.6 Å². The third-order valence-electron chi connectivity index (χ3n) is 6.75. The number of halogens is 3. The Bertz CT molecular complexity index is 1560. The molecule has 7 rings (SSSR count). The molecular formula is C24H19F3N8O. The van der Waals surface area contributed by atoms with Gasteiger partial charge in [-0.3, -0.25) is 4.98 Å². The van der Waals surface area contributed by atoms with E-state index in [1.165, 1.54) is 24.5 Å². The summed E-state index contributed by atoms with van der Waals surface area (Å²) in [4.78, 5) is 13.6. The molecule has 2 aliphatic rings. The third-order valence-corrected chi connectivity index (χ3v) is 6.75. The predicted octanol–water partition coefficient (Wildman–Crippen LogP) is 4.55. The van der Waals surface area contributed by atoms with Crippen molar-refractivity contribution in [2.45, 2.75) is 37.4 Å². The molecule has 12 heteroatoms. The number of hydrogen-bond acceptors (Lipinski definition) is 7. The molecule has 0 aromatic carbocycles. The number of alkyl halides is 3. The summed E-state index contributed by atoms with van der Waals surface area (Å²) >= 11 is 0. The highest BCUT2D eigenvalue weighted by Crippen LogP contribution is 2.43. The first kappa shape index (κ1) is 21.1. The van der Waals surface area contributed by atoms with Crippen molar-refractivity contribution in [1.82, 2.24) is 34.8 Å². The smallest absolute Gasteiger partial charge is 0.402 e. The number of H-pyrrole nitrogens is 1. The largest absolute Gasteiger partial charge is 0.417 e. The molecule has 0 unspecified atom stereocenters. The van der Waals surface area contributed by atoms with Crippen LogP contribution in [0.2, 0.25) is 0 Å². The van der Waals surface area contributed by atoms with Crippen LogP contribution in [0.5, 0.6) is 0 Å². The maximum atomic E-state index is 12.9. The van der Waals surface area contributed by atoms with E-state index >= 15 is 0 Å². The molecular weight excluding hydrogens is 473 g/mol. The monoisotopic (exact) mass is 492 g/mol. The summed E-state index contributed by atoms with van der Waals surface area (Å²) in [6.45, 7) is 0.561. The maximum Gasteiger partial charge on any atom is 0.417 e. The number of nitrogens with zero attached hydrogens (tertiary/aromatic N) is 7. The van der Waals surface area contributed by atoms with Crippen molar-refractivity contribution in [2.24, 2.45) is 0 Å². The van der Waals surface area contributed by atoms with Crippen LogP contribution in [0, 0.1) is 0 Å². The van der Waals surface area contributed by atoms with Crippen LogP contribution in [-0.4, -0.2) is 41.3 Å². The van der Waals surface area contributed by atoms with Gasteiger partial charge >= 0.3 is 12.2 Å². The second-order valence-corrected chi connectivity index (χ2v) is 9.07. The molecule has 5 aromatic rings. The fraction of sp³-hybridized carbons (Fsp3) is 0.292. The molecule has 0 amide bonds. The molecule has 182 valence electrons. The first-order valence-electron chi connectivity index (χ1n) is 11.6. The number of nitrogens with one attached hydrogen (secondary N) is 1. The lowest BCUT2D eigenvalue weighted by Crippen LogP contribution is -2.36. The van der Waals surface area contributed by atoms with Gasteiger partial charge in [-0.1, -0.05) is 11.2 Å². The van der Waals surface area contributed by atoms with Crippen LogP contribution in [0.3, 0.4) is 0 Å². The normalized spacial score (nSPS) is 18.1. The van der Waals surface area contributed by atoms with Gasteiger partial charge in [0.15, 0.2) is 0 Å². The van der Waals surface area contributed by atoms with Crippen molar-refractivity contribution < 1.29 is 17.6 Å². The minimum Gasteiger partial charge on any atom is -0.402 e. The van der Waals surface area contributed by atoms with E-state index in [9.17, 15) is 13.2 Å². The quantitative estimate of drug-likeness (QED) is 0.393. The van der Waals surface area contributed by atoms with Crippen molar-refractivity contribution in [2.75, 3.05) is 11.4 Å². The standard InChI is InChI=1S/C24H19F3N8O/c25-24(26,27)14-5-6-17(28-11-14)22-31-32-23(36-22)34-9-7-16-20(30-12-29-16)21(34)18-10-19-15(13-3-4-13)2-1-8-35(19)33-18/h1-2,5-6,8,10-13,21H,3-4,7,9H2,(H,29,30)/t21-/m0/s1. The Balaban J connectivity index is 1.27. The molecule has 1 atom stereocenters. The number of pyridine rings is 2. The first-order valence-corrected chi connectivity index (χ1v) is 11.6. The number of rotatable bonds is 4. The van der Waals surface area contributed by atoms with E-state index in [1.807, 2.05) is 21.7 Å². The molecule has 1 fully saturated rings. The van der Waals surface area contributed by atoms with Gasteiger partial charge in [0.1, 0.15) is 11.7 Å². The first-order chi connectivity index (χ1) is 17.5. The van der Waals surface area contributed by atoms with E-state index in [1.54, 1.807) is 6.33 Å². The van der Waals surface area contributed by atoms with Gasteiger partial charge in [-0.05, 0) is 48.6 Å². The minimum absolute atomic E-state index is 0.0383. The van der Waals surface area contributed by atoms with E-state index < -0.39 is 11.7 Å². The van der Waals surface area contributed by atoms with Crippen LogP contribution in [0.25, 0.3) is 17.1 Å². The maximum absolute atomic E-state index is 12.9. The molecule has 6 heterocycles. The Morgan fingerprint density at radius 2 is 1.97 bits per heavy atom. The van der Waals surface area contributed by atoms with Gasteiger partial charge < -0.3 is 14.3 Å². The molecule has 0 bridgehead atoms. The van der Waals surface area contributed by atoms with Crippen molar-refractivity contribution >= 4 is 11.5 Å². The summed E-state index contributed by atoms with van der Waals surface area (Å²) < 4.78 is 46.5. The Morgan fingerprint density at radius 1 is 1.08 bits per heavy atom.